The van der Waals surface area contributed by atoms with Crippen LogP contribution in [0.5, 0.6) is 11.5 Å². The van der Waals surface area contributed by atoms with E-state index in [1.807, 2.05) is 50.2 Å². The van der Waals surface area contributed by atoms with Crippen LogP contribution in [0.3, 0.4) is 0 Å². The van der Waals surface area contributed by atoms with Crippen LogP contribution < -0.4 is 20.1 Å². The minimum absolute atomic E-state index is 0.197. The lowest BCUT2D eigenvalue weighted by atomic mass is 10.1. The molecule has 2 aromatic carbocycles. The quantitative estimate of drug-likeness (QED) is 0.536. The van der Waals surface area contributed by atoms with Gasteiger partial charge in [-0.3, -0.25) is 0 Å². The Morgan fingerprint density at radius 3 is 2.46 bits per heavy atom. The molecule has 0 saturated heterocycles. The highest BCUT2D eigenvalue weighted by Crippen LogP contribution is 2.29. The Labute approximate surface area is 166 Å². The highest BCUT2D eigenvalue weighted by Gasteiger charge is 2.08. The van der Waals surface area contributed by atoms with E-state index >= 15 is 0 Å². The summed E-state index contributed by atoms with van der Waals surface area (Å²) in [6, 6.07) is 10.7. The van der Waals surface area contributed by atoms with Gasteiger partial charge in [-0.15, -0.1) is 0 Å². The van der Waals surface area contributed by atoms with Crippen molar-refractivity contribution in [1.29, 1.82) is 0 Å². The van der Waals surface area contributed by atoms with E-state index in [1.54, 1.807) is 20.3 Å². The molecule has 0 aromatic heterocycles. The van der Waals surface area contributed by atoms with E-state index in [0.29, 0.717) is 42.7 Å². The molecule has 0 amide bonds. The second-order valence-corrected chi connectivity index (χ2v) is 6.55. The number of nitrogens with one attached hydrogen (secondary N) is 2. The Bertz CT molecular complexity index is 809. The third-order valence-electron chi connectivity index (χ3n) is 4.01. The van der Waals surface area contributed by atoms with Crippen molar-refractivity contribution in [2.75, 3.05) is 40.2 Å². The summed E-state index contributed by atoms with van der Waals surface area (Å²) in [5, 5.41) is 6.47. The summed E-state index contributed by atoms with van der Waals surface area (Å²) in [4.78, 5) is 6.55. The van der Waals surface area contributed by atoms with Gasteiger partial charge in [0.25, 0.3) is 0 Å². The van der Waals surface area contributed by atoms with Crippen molar-refractivity contribution in [2.24, 2.45) is 4.99 Å². The lowest BCUT2D eigenvalue weighted by Gasteiger charge is -2.14. The van der Waals surface area contributed by atoms with Gasteiger partial charge in [-0.05, 0) is 50.8 Å². The van der Waals surface area contributed by atoms with Crippen molar-refractivity contribution in [1.82, 2.24) is 10.2 Å². The molecule has 7 heteroatoms. The molecule has 0 spiro atoms. The highest BCUT2D eigenvalue weighted by atomic mass is 19.1. The first-order chi connectivity index (χ1) is 13.5. The molecule has 28 heavy (non-hydrogen) atoms. The zero-order valence-corrected chi connectivity index (χ0v) is 17.2. The molecule has 2 rings (SSSR count). The Morgan fingerprint density at radius 2 is 1.82 bits per heavy atom. The van der Waals surface area contributed by atoms with E-state index in [-0.39, 0.29) is 5.82 Å². The van der Waals surface area contributed by atoms with E-state index in [1.165, 1.54) is 6.07 Å². The number of methoxy groups -OCH3 is 2. The highest BCUT2D eigenvalue weighted by molar-refractivity contribution is 5.93. The minimum atomic E-state index is -0.197. The third kappa shape index (κ3) is 6.13. The van der Waals surface area contributed by atoms with E-state index < -0.39 is 0 Å². The first-order valence-corrected chi connectivity index (χ1v) is 9.16. The zero-order valence-electron chi connectivity index (χ0n) is 17.2. The fourth-order valence-corrected chi connectivity index (χ4v) is 2.72. The molecule has 6 nitrogen and oxygen atoms in total. The van der Waals surface area contributed by atoms with Gasteiger partial charge in [-0.25, -0.2) is 9.38 Å². The molecule has 0 aliphatic rings. The number of rotatable bonds is 8. The summed E-state index contributed by atoms with van der Waals surface area (Å²) in [5.74, 6) is 1.73. The molecule has 0 bridgehead atoms. The molecule has 0 radical (unpaired) electrons. The fourth-order valence-electron chi connectivity index (χ4n) is 2.72. The molecule has 0 unspecified atom stereocenters. The summed E-state index contributed by atoms with van der Waals surface area (Å²) in [6.45, 7) is 3.70. The summed E-state index contributed by atoms with van der Waals surface area (Å²) in [5.41, 5.74) is 2.43. The summed E-state index contributed by atoms with van der Waals surface area (Å²) in [7, 11) is 7.03. The Hall–Kier alpha value is -2.80. The van der Waals surface area contributed by atoms with E-state index in [4.69, 9.17) is 9.47 Å². The van der Waals surface area contributed by atoms with Crippen LogP contribution in [0.25, 0.3) is 0 Å². The number of hydrogen-bond donors (Lipinski definition) is 2. The van der Waals surface area contributed by atoms with Crippen LogP contribution in [0.15, 0.2) is 41.4 Å². The van der Waals surface area contributed by atoms with Gasteiger partial charge in [-0.2, -0.15) is 0 Å². The first-order valence-electron chi connectivity index (χ1n) is 9.16. The first kappa shape index (κ1) is 21.5. The predicted molar refractivity (Wildman–Crippen MR) is 112 cm³/mol. The van der Waals surface area contributed by atoms with Gasteiger partial charge < -0.3 is 25.0 Å². The van der Waals surface area contributed by atoms with Crippen LogP contribution in [-0.4, -0.2) is 45.7 Å². The van der Waals surface area contributed by atoms with Gasteiger partial charge in [0.15, 0.2) is 17.5 Å². The van der Waals surface area contributed by atoms with Gasteiger partial charge in [0, 0.05) is 30.4 Å². The summed E-state index contributed by atoms with van der Waals surface area (Å²) >= 11 is 0. The van der Waals surface area contributed by atoms with Crippen molar-refractivity contribution in [3.63, 3.8) is 0 Å². The molecule has 0 aliphatic carbocycles. The number of halogens is 1. The molecular weight excluding hydrogens is 359 g/mol. The number of aliphatic imine (C=N–C) groups is 1. The largest absolute Gasteiger partial charge is 0.493 e. The van der Waals surface area contributed by atoms with Crippen molar-refractivity contribution in [2.45, 2.75) is 20.0 Å². The molecule has 0 atom stereocenters. The van der Waals surface area contributed by atoms with Crippen molar-refractivity contribution in [3.8, 4) is 11.5 Å². The molecule has 0 aliphatic heterocycles. The predicted octanol–water partition coefficient (Wildman–Crippen LogP) is 3.48. The SMILES string of the molecule is CCNC(=NCc1ccc(F)c(CN(C)C)c1)Nc1ccc(OC)c(OC)c1. The topological polar surface area (TPSA) is 58.1 Å². The van der Waals surface area contributed by atoms with Gasteiger partial charge in [-0.1, -0.05) is 6.07 Å². The smallest absolute Gasteiger partial charge is 0.196 e. The number of guanidine groups is 1. The fraction of sp³-hybridized carbons (Fsp3) is 0.381. The molecule has 0 heterocycles. The standard InChI is InChI=1S/C21H29FN4O2/c1-6-23-21(25-17-8-10-19(27-4)20(12-17)28-5)24-13-15-7-9-18(22)16(11-15)14-26(2)3/h7-12H,6,13-14H2,1-5H3,(H2,23,24,25). The lowest BCUT2D eigenvalue weighted by molar-refractivity contribution is 0.355. The Kier molecular flexibility index (Phi) is 8.07. The molecular formula is C21H29FN4O2. The maximum absolute atomic E-state index is 14.0. The lowest BCUT2D eigenvalue weighted by Crippen LogP contribution is -2.30. The van der Waals surface area contributed by atoms with Crippen molar-refractivity contribution in [3.05, 3.63) is 53.3 Å². The second-order valence-electron chi connectivity index (χ2n) is 6.55. The summed E-state index contributed by atoms with van der Waals surface area (Å²) in [6.07, 6.45) is 0. The van der Waals surface area contributed by atoms with Crippen LogP contribution in [0.1, 0.15) is 18.1 Å². The van der Waals surface area contributed by atoms with Crippen LogP contribution in [-0.2, 0) is 13.1 Å². The van der Waals surface area contributed by atoms with Crippen LogP contribution in [0, 0.1) is 5.82 Å². The molecule has 0 fully saturated rings. The number of nitrogens with zero attached hydrogens (tertiary/aromatic N) is 2. The van der Waals surface area contributed by atoms with Crippen LogP contribution >= 0.6 is 0 Å². The number of benzene rings is 2. The van der Waals surface area contributed by atoms with Crippen molar-refractivity contribution < 1.29 is 13.9 Å². The number of hydrogen-bond acceptors (Lipinski definition) is 4. The maximum atomic E-state index is 14.0. The molecule has 0 saturated carbocycles. The van der Waals surface area contributed by atoms with Crippen LogP contribution in [0.4, 0.5) is 10.1 Å². The zero-order chi connectivity index (χ0) is 20.5. The van der Waals surface area contributed by atoms with Gasteiger partial charge >= 0.3 is 0 Å². The average Bonchev–Trinajstić information content (AvgIpc) is 2.68. The van der Waals surface area contributed by atoms with E-state index in [9.17, 15) is 4.39 Å². The van der Waals surface area contributed by atoms with Gasteiger partial charge in [0.1, 0.15) is 5.82 Å². The number of ether oxygens (including phenoxy) is 2. The molecule has 152 valence electrons. The van der Waals surface area contributed by atoms with Crippen molar-refractivity contribution >= 4 is 11.6 Å². The van der Waals surface area contributed by atoms with E-state index in [2.05, 4.69) is 15.6 Å². The average molecular weight is 388 g/mol. The minimum Gasteiger partial charge on any atom is -0.493 e. The number of anilines is 1. The van der Waals surface area contributed by atoms with Gasteiger partial charge in [0.2, 0.25) is 0 Å². The molecule has 2 N–H and O–H groups in total. The Morgan fingerprint density at radius 1 is 1.07 bits per heavy atom. The van der Waals surface area contributed by atoms with E-state index in [0.717, 1.165) is 11.3 Å². The maximum Gasteiger partial charge on any atom is 0.196 e. The third-order valence-corrected chi connectivity index (χ3v) is 4.01. The normalized spacial score (nSPS) is 11.5. The van der Waals surface area contributed by atoms with Crippen LogP contribution in [0.2, 0.25) is 0 Å². The second kappa shape index (κ2) is 10.5. The Balaban J connectivity index is 2.16. The molecule has 2 aromatic rings. The summed E-state index contributed by atoms with van der Waals surface area (Å²) < 4.78 is 24.6. The monoisotopic (exact) mass is 388 g/mol. The van der Waals surface area contributed by atoms with Gasteiger partial charge in [0.05, 0.1) is 20.8 Å².